The third-order valence-corrected chi connectivity index (χ3v) is 13.3. The van der Waals surface area contributed by atoms with Gasteiger partial charge in [-0.1, -0.05) is 172 Å². The fourth-order valence-electron chi connectivity index (χ4n) is 9.38. The number of anilines is 3. The van der Waals surface area contributed by atoms with Gasteiger partial charge in [0.15, 0.2) is 0 Å². The molecule has 1 nitrogen and oxygen atoms in total. The molecule has 0 N–H and O–H groups in total. The maximum absolute atomic E-state index is 2.40. The molecule has 10 aromatic rings. The van der Waals surface area contributed by atoms with Crippen LogP contribution in [-0.4, -0.2) is 0 Å². The molecule has 0 fully saturated rings. The van der Waals surface area contributed by atoms with Crippen LogP contribution in [0.4, 0.5) is 17.1 Å². The van der Waals surface area contributed by atoms with E-state index in [1.807, 2.05) is 11.3 Å². The van der Waals surface area contributed by atoms with E-state index in [0.29, 0.717) is 0 Å². The number of thiophene rings is 1. The van der Waals surface area contributed by atoms with Crippen LogP contribution in [0.3, 0.4) is 0 Å². The summed E-state index contributed by atoms with van der Waals surface area (Å²) in [6.07, 6.45) is 0. The molecule has 0 radical (unpaired) electrons. The van der Waals surface area contributed by atoms with Crippen molar-refractivity contribution in [1.82, 2.24) is 0 Å². The highest BCUT2D eigenvalue weighted by Crippen LogP contribution is 2.52. The van der Waals surface area contributed by atoms with E-state index >= 15 is 0 Å². The van der Waals surface area contributed by atoms with Crippen LogP contribution in [0.25, 0.3) is 75.5 Å². The van der Waals surface area contributed by atoms with Gasteiger partial charge >= 0.3 is 0 Å². The summed E-state index contributed by atoms with van der Waals surface area (Å²) in [7, 11) is 0. The van der Waals surface area contributed by atoms with Crippen LogP contribution in [0, 0.1) is 0 Å². The Balaban J connectivity index is 1.03. The van der Waals surface area contributed by atoms with Gasteiger partial charge in [0.25, 0.3) is 0 Å². The lowest BCUT2D eigenvalue weighted by molar-refractivity contribution is 0.662. The molecule has 270 valence electrons. The molecule has 11 rings (SSSR count). The van der Waals surface area contributed by atoms with Gasteiger partial charge in [0.05, 0.1) is 0 Å². The fourth-order valence-corrected chi connectivity index (χ4v) is 10.6. The molecule has 1 aromatic heterocycles. The molecule has 0 unspecified atom stereocenters. The summed E-state index contributed by atoms with van der Waals surface area (Å²) < 4.78 is 2.66. The van der Waals surface area contributed by atoms with Crippen LogP contribution in [0.5, 0.6) is 0 Å². The summed E-state index contributed by atoms with van der Waals surface area (Å²) in [6, 6.07) is 73.7. The Morgan fingerprint density at radius 3 is 1.77 bits per heavy atom. The zero-order valence-corrected chi connectivity index (χ0v) is 32.7. The summed E-state index contributed by atoms with van der Waals surface area (Å²) >= 11 is 1.88. The molecule has 1 aliphatic carbocycles. The molecule has 0 saturated carbocycles. The second-order valence-corrected chi connectivity index (χ2v) is 16.7. The fraction of sp³-hybridized carbons (Fsp3) is 0.0545. The molecule has 1 aliphatic rings. The van der Waals surface area contributed by atoms with Crippen molar-refractivity contribution in [3.63, 3.8) is 0 Å². The van der Waals surface area contributed by atoms with Crippen LogP contribution in [0.15, 0.2) is 200 Å². The van der Waals surface area contributed by atoms with Crippen LogP contribution in [-0.2, 0) is 5.41 Å². The van der Waals surface area contributed by atoms with Crippen molar-refractivity contribution < 1.29 is 0 Å². The third-order valence-electron chi connectivity index (χ3n) is 12.1. The quantitative estimate of drug-likeness (QED) is 0.164. The zero-order chi connectivity index (χ0) is 38.1. The lowest BCUT2D eigenvalue weighted by Crippen LogP contribution is -2.16. The Hall–Kier alpha value is -6.74. The SMILES string of the molecule is CC1(C)c2ccccc2-c2cccc(-c3ccc(N(c4ccc(-c5cccc6c5sc5ccccc56)cc4)c4cccc(-c5cccc6ccccc56)c4)cc3)c21. The molecule has 57 heavy (non-hydrogen) atoms. The second kappa shape index (κ2) is 13.2. The predicted molar refractivity (Wildman–Crippen MR) is 245 cm³/mol. The first-order valence-corrected chi connectivity index (χ1v) is 20.6. The van der Waals surface area contributed by atoms with Gasteiger partial charge in [-0.15, -0.1) is 11.3 Å². The Bertz CT molecular complexity index is 3140. The highest BCUT2D eigenvalue weighted by Gasteiger charge is 2.37. The lowest BCUT2D eigenvalue weighted by atomic mass is 9.79. The van der Waals surface area contributed by atoms with Crippen molar-refractivity contribution in [1.29, 1.82) is 0 Å². The standard InChI is InChI=1S/C55H39NS/c1-55(2)51-25-7-5-18-47(51)49-23-11-21-45(53(49)55)37-27-31-40(32-28-37)56(42-16-9-15-39(35-42)44-20-10-14-36-13-3-4-17-43(36)44)41-33-29-38(30-34-41)46-22-12-24-50-48-19-6-8-26-52(48)57-54(46)50/h3-35H,1-2H3. The Labute approximate surface area is 337 Å². The van der Waals surface area contributed by atoms with E-state index in [1.54, 1.807) is 0 Å². The Morgan fingerprint density at radius 2 is 0.947 bits per heavy atom. The van der Waals surface area contributed by atoms with E-state index < -0.39 is 0 Å². The van der Waals surface area contributed by atoms with Gasteiger partial charge in [0, 0.05) is 42.6 Å². The molecule has 0 amide bonds. The average molecular weight is 746 g/mol. The summed E-state index contributed by atoms with van der Waals surface area (Å²) in [5, 5.41) is 5.15. The number of hydrogen-bond donors (Lipinski definition) is 0. The minimum Gasteiger partial charge on any atom is -0.310 e. The molecular weight excluding hydrogens is 707 g/mol. The maximum Gasteiger partial charge on any atom is 0.0467 e. The molecule has 2 heteroatoms. The van der Waals surface area contributed by atoms with E-state index in [0.717, 1.165) is 17.1 Å². The third kappa shape index (κ3) is 5.44. The number of nitrogens with zero attached hydrogens (tertiary/aromatic N) is 1. The van der Waals surface area contributed by atoms with E-state index in [1.165, 1.54) is 86.6 Å². The highest BCUT2D eigenvalue weighted by molar-refractivity contribution is 7.26. The molecule has 0 atom stereocenters. The van der Waals surface area contributed by atoms with E-state index in [-0.39, 0.29) is 5.41 Å². The second-order valence-electron chi connectivity index (χ2n) is 15.7. The molecule has 0 aliphatic heterocycles. The lowest BCUT2D eigenvalue weighted by Gasteiger charge is -2.27. The van der Waals surface area contributed by atoms with Gasteiger partial charge in [0.2, 0.25) is 0 Å². The smallest absolute Gasteiger partial charge is 0.0467 e. The number of hydrogen-bond acceptors (Lipinski definition) is 2. The summed E-state index contributed by atoms with van der Waals surface area (Å²) in [5.74, 6) is 0. The molecule has 9 aromatic carbocycles. The number of rotatable bonds is 6. The minimum absolute atomic E-state index is 0.0861. The van der Waals surface area contributed by atoms with Crippen LogP contribution in [0.1, 0.15) is 25.0 Å². The first kappa shape index (κ1) is 33.6. The van der Waals surface area contributed by atoms with Gasteiger partial charge in [0.1, 0.15) is 0 Å². The van der Waals surface area contributed by atoms with Crippen LogP contribution in [0.2, 0.25) is 0 Å². The Morgan fingerprint density at radius 1 is 0.386 bits per heavy atom. The molecule has 0 saturated heterocycles. The van der Waals surface area contributed by atoms with E-state index in [9.17, 15) is 0 Å². The van der Waals surface area contributed by atoms with E-state index in [4.69, 9.17) is 0 Å². The van der Waals surface area contributed by atoms with Crippen molar-refractivity contribution in [2.24, 2.45) is 0 Å². The number of benzene rings is 9. The molecule has 0 spiro atoms. The maximum atomic E-state index is 2.40. The van der Waals surface area contributed by atoms with Gasteiger partial charge < -0.3 is 4.90 Å². The number of fused-ring (bicyclic) bond motifs is 7. The molecule has 0 bridgehead atoms. The summed E-state index contributed by atoms with van der Waals surface area (Å²) in [6.45, 7) is 4.73. The average Bonchev–Trinajstić information content (AvgIpc) is 3.76. The van der Waals surface area contributed by atoms with Crippen molar-refractivity contribution >= 4 is 59.3 Å². The van der Waals surface area contributed by atoms with Gasteiger partial charge in [-0.3, -0.25) is 0 Å². The minimum atomic E-state index is -0.0861. The summed E-state index contributed by atoms with van der Waals surface area (Å²) in [4.78, 5) is 2.40. The molecule has 1 heterocycles. The van der Waals surface area contributed by atoms with E-state index in [2.05, 4.69) is 219 Å². The van der Waals surface area contributed by atoms with Crippen molar-refractivity contribution in [3.8, 4) is 44.5 Å². The largest absolute Gasteiger partial charge is 0.310 e. The normalized spacial score (nSPS) is 12.9. The van der Waals surface area contributed by atoms with Gasteiger partial charge in [-0.2, -0.15) is 0 Å². The van der Waals surface area contributed by atoms with Crippen molar-refractivity contribution in [3.05, 3.63) is 211 Å². The topological polar surface area (TPSA) is 3.24 Å². The summed E-state index contributed by atoms with van der Waals surface area (Å²) in [5.41, 5.74) is 16.2. The molecular formula is C55H39NS. The van der Waals surface area contributed by atoms with Gasteiger partial charge in [-0.25, -0.2) is 0 Å². The van der Waals surface area contributed by atoms with Crippen molar-refractivity contribution in [2.45, 2.75) is 19.3 Å². The van der Waals surface area contributed by atoms with Crippen LogP contribution < -0.4 is 4.90 Å². The first-order valence-electron chi connectivity index (χ1n) is 19.8. The first-order chi connectivity index (χ1) is 28.0. The monoisotopic (exact) mass is 745 g/mol. The van der Waals surface area contributed by atoms with Crippen molar-refractivity contribution in [2.75, 3.05) is 4.90 Å². The Kier molecular flexibility index (Phi) is 7.77. The highest BCUT2D eigenvalue weighted by atomic mass is 32.1. The van der Waals surface area contributed by atoms with Crippen LogP contribution >= 0.6 is 11.3 Å². The van der Waals surface area contributed by atoms with Gasteiger partial charge in [-0.05, 0) is 109 Å². The zero-order valence-electron chi connectivity index (χ0n) is 31.9. The predicted octanol–water partition coefficient (Wildman–Crippen LogP) is 16.0.